The summed E-state index contributed by atoms with van der Waals surface area (Å²) in [5.41, 5.74) is 1.50. The first-order valence-electron chi connectivity index (χ1n) is 7.52. The molecule has 0 amide bonds. The van der Waals surface area contributed by atoms with Crippen molar-refractivity contribution < 1.29 is 0 Å². The second-order valence-electron chi connectivity index (χ2n) is 5.89. The Bertz CT molecular complexity index is 582. The lowest BCUT2D eigenvalue weighted by Crippen LogP contribution is -2.62. The molecule has 1 aromatic heterocycles. The van der Waals surface area contributed by atoms with E-state index in [9.17, 15) is 0 Å². The first kappa shape index (κ1) is 12.8. The summed E-state index contributed by atoms with van der Waals surface area (Å²) in [7, 11) is 0. The third kappa shape index (κ3) is 2.37. The number of nitrogens with one attached hydrogen (secondary N) is 1. The summed E-state index contributed by atoms with van der Waals surface area (Å²) in [5.74, 6) is 0. The fraction of sp³-hybridized carbons (Fsp3) is 0.500. The number of benzene rings is 1. The number of fused-ring (bicyclic) bond motifs is 1. The molecule has 1 N–H and O–H groups in total. The van der Waals surface area contributed by atoms with E-state index in [1.807, 2.05) is 11.3 Å². The fourth-order valence-corrected chi connectivity index (χ4v) is 4.30. The minimum Gasteiger partial charge on any atom is -0.314 e. The molecule has 20 heavy (non-hydrogen) atoms. The molecular weight excluding hydrogens is 266 g/mol. The molecule has 4 heteroatoms. The molecule has 3 heterocycles. The minimum atomic E-state index is 0.794. The van der Waals surface area contributed by atoms with E-state index in [4.69, 9.17) is 0 Å². The van der Waals surface area contributed by atoms with Crippen molar-refractivity contribution in [2.75, 3.05) is 39.3 Å². The zero-order chi connectivity index (χ0) is 13.4. The van der Waals surface area contributed by atoms with E-state index in [2.05, 4.69) is 44.8 Å². The Morgan fingerprint density at radius 1 is 1.15 bits per heavy atom. The second kappa shape index (κ2) is 5.45. The van der Waals surface area contributed by atoms with E-state index in [0.29, 0.717) is 0 Å². The number of likely N-dealkylation sites (tertiary alicyclic amines) is 1. The topological polar surface area (TPSA) is 18.5 Å². The van der Waals surface area contributed by atoms with E-state index in [0.717, 1.165) is 25.7 Å². The van der Waals surface area contributed by atoms with Crippen molar-refractivity contribution in [2.45, 2.75) is 12.6 Å². The molecule has 0 bridgehead atoms. The van der Waals surface area contributed by atoms with Gasteiger partial charge in [0.25, 0.3) is 0 Å². The number of piperazine rings is 1. The van der Waals surface area contributed by atoms with Gasteiger partial charge in [0.2, 0.25) is 0 Å². The molecule has 0 saturated carbocycles. The van der Waals surface area contributed by atoms with E-state index < -0.39 is 0 Å². The number of nitrogens with zero attached hydrogens (tertiary/aromatic N) is 2. The smallest absolute Gasteiger partial charge is 0.0351 e. The third-order valence-corrected chi connectivity index (χ3v) is 5.57. The third-order valence-electron chi connectivity index (χ3n) is 4.56. The normalized spacial score (nSPS) is 22.2. The van der Waals surface area contributed by atoms with Crippen molar-refractivity contribution in [1.82, 2.24) is 15.1 Å². The Hall–Kier alpha value is -0.940. The highest BCUT2D eigenvalue weighted by Gasteiger charge is 2.32. The Morgan fingerprint density at radius 2 is 1.95 bits per heavy atom. The molecule has 2 fully saturated rings. The molecule has 4 rings (SSSR count). The van der Waals surface area contributed by atoms with Crippen LogP contribution in [-0.2, 0) is 6.54 Å². The fourth-order valence-electron chi connectivity index (χ4n) is 3.35. The average molecular weight is 287 g/mol. The van der Waals surface area contributed by atoms with Crippen LogP contribution in [0, 0.1) is 0 Å². The monoisotopic (exact) mass is 287 g/mol. The molecule has 0 spiro atoms. The molecule has 2 saturated heterocycles. The summed E-state index contributed by atoms with van der Waals surface area (Å²) < 4.78 is 1.42. The molecule has 2 aromatic rings. The molecule has 0 atom stereocenters. The number of rotatable bonds is 3. The van der Waals surface area contributed by atoms with Gasteiger partial charge in [-0.3, -0.25) is 9.80 Å². The van der Waals surface area contributed by atoms with Crippen molar-refractivity contribution in [2.24, 2.45) is 0 Å². The van der Waals surface area contributed by atoms with Gasteiger partial charge in [-0.15, -0.1) is 11.3 Å². The van der Waals surface area contributed by atoms with Gasteiger partial charge in [0, 0.05) is 56.6 Å². The van der Waals surface area contributed by atoms with E-state index in [1.54, 1.807) is 0 Å². The van der Waals surface area contributed by atoms with E-state index in [1.165, 1.54) is 41.8 Å². The SMILES string of the molecule is c1ccc2c(CN3CC(N4CCNCC4)C3)csc2c1. The van der Waals surface area contributed by atoms with Crippen LogP contribution in [0.15, 0.2) is 29.6 Å². The van der Waals surface area contributed by atoms with Gasteiger partial charge >= 0.3 is 0 Å². The Morgan fingerprint density at radius 3 is 2.80 bits per heavy atom. The van der Waals surface area contributed by atoms with Gasteiger partial charge < -0.3 is 5.32 Å². The molecular formula is C16H21N3S. The van der Waals surface area contributed by atoms with Gasteiger partial charge in [-0.25, -0.2) is 0 Å². The zero-order valence-corrected chi connectivity index (χ0v) is 12.5. The maximum absolute atomic E-state index is 3.43. The largest absolute Gasteiger partial charge is 0.314 e. The van der Waals surface area contributed by atoms with Crippen molar-refractivity contribution in [3.8, 4) is 0 Å². The van der Waals surface area contributed by atoms with E-state index >= 15 is 0 Å². The summed E-state index contributed by atoms with van der Waals surface area (Å²) in [4.78, 5) is 5.24. The minimum absolute atomic E-state index is 0.794. The van der Waals surface area contributed by atoms with Crippen LogP contribution in [0.4, 0.5) is 0 Å². The standard InChI is InChI=1S/C16H21N3S/c1-2-4-16-15(3-1)13(12-20-16)9-18-10-14(11-18)19-7-5-17-6-8-19/h1-4,12,14,17H,5-11H2. The summed E-state index contributed by atoms with van der Waals surface area (Å²) >= 11 is 1.87. The zero-order valence-electron chi connectivity index (χ0n) is 11.7. The Kier molecular flexibility index (Phi) is 3.48. The van der Waals surface area contributed by atoms with Crippen LogP contribution in [-0.4, -0.2) is 55.1 Å². The van der Waals surface area contributed by atoms with Crippen LogP contribution >= 0.6 is 11.3 Å². The summed E-state index contributed by atoms with van der Waals surface area (Å²) in [6, 6.07) is 9.56. The van der Waals surface area contributed by atoms with Gasteiger partial charge in [0.15, 0.2) is 0 Å². The quantitative estimate of drug-likeness (QED) is 0.931. The highest BCUT2D eigenvalue weighted by Crippen LogP contribution is 2.28. The molecule has 3 nitrogen and oxygen atoms in total. The summed E-state index contributed by atoms with van der Waals surface area (Å²) in [6.45, 7) is 8.36. The number of hydrogen-bond acceptors (Lipinski definition) is 4. The lowest BCUT2D eigenvalue weighted by molar-refractivity contribution is 0.0226. The molecule has 0 unspecified atom stereocenters. The van der Waals surface area contributed by atoms with Gasteiger partial charge in [-0.2, -0.15) is 0 Å². The van der Waals surface area contributed by atoms with Gasteiger partial charge in [0.1, 0.15) is 0 Å². The first-order valence-corrected chi connectivity index (χ1v) is 8.40. The predicted molar refractivity (Wildman–Crippen MR) is 85.3 cm³/mol. The summed E-state index contributed by atoms with van der Waals surface area (Å²) in [5, 5.41) is 7.22. The van der Waals surface area contributed by atoms with Crippen molar-refractivity contribution in [3.63, 3.8) is 0 Å². The summed E-state index contributed by atoms with van der Waals surface area (Å²) in [6.07, 6.45) is 0. The van der Waals surface area contributed by atoms with Gasteiger partial charge in [-0.1, -0.05) is 18.2 Å². The second-order valence-corrected chi connectivity index (χ2v) is 6.80. The molecule has 2 aliphatic heterocycles. The Balaban J connectivity index is 1.37. The van der Waals surface area contributed by atoms with Gasteiger partial charge in [0.05, 0.1) is 0 Å². The average Bonchev–Trinajstić information content (AvgIpc) is 2.86. The van der Waals surface area contributed by atoms with Crippen LogP contribution in [0.25, 0.3) is 10.1 Å². The van der Waals surface area contributed by atoms with Crippen LogP contribution in [0.1, 0.15) is 5.56 Å². The molecule has 106 valence electrons. The van der Waals surface area contributed by atoms with Crippen LogP contribution in [0.5, 0.6) is 0 Å². The molecule has 2 aliphatic rings. The molecule has 0 radical (unpaired) electrons. The molecule has 0 aliphatic carbocycles. The number of hydrogen-bond donors (Lipinski definition) is 1. The highest BCUT2D eigenvalue weighted by molar-refractivity contribution is 7.17. The lowest BCUT2D eigenvalue weighted by Gasteiger charge is -2.46. The van der Waals surface area contributed by atoms with E-state index in [-0.39, 0.29) is 0 Å². The maximum Gasteiger partial charge on any atom is 0.0351 e. The Labute approximate surface area is 124 Å². The molecule has 1 aromatic carbocycles. The van der Waals surface area contributed by atoms with Crippen LogP contribution in [0.2, 0.25) is 0 Å². The predicted octanol–water partition coefficient (Wildman–Crippen LogP) is 1.99. The maximum atomic E-state index is 3.43. The number of thiophene rings is 1. The van der Waals surface area contributed by atoms with Crippen molar-refractivity contribution >= 4 is 21.4 Å². The van der Waals surface area contributed by atoms with Crippen molar-refractivity contribution in [1.29, 1.82) is 0 Å². The highest BCUT2D eigenvalue weighted by atomic mass is 32.1. The van der Waals surface area contributed by atoms with Crippen LogP contribution < -0.4 is 5.32 Å². The van der Waals surface area contributed by atoms with Gasteiger partial charge in [-0.05, 0) is 22.4 Å². The first-order chi connectivity index (χ1) is 9.90. The van der Waals surface area contributed by atoms with Crippen molar-refractivity contribution in [3.05, 3.63) is 35.2 Å². The lowest BCUT2D eigenvalue weighted by atomic mass is 10.0. The van der Waals surface area contributed by atoms with Crippen LogP contribution in [0.3, 0.4) is 0 Å².